The van der Waals surface area contributed by atoms with E-state index in [0.717, 1.165) is 27.1 Å². The highest BCUT2D eigenvalue weighted by molar-refractivity contribution is 7.17. The van der Waals surface area contributed by atoms with Crippen LogP contribution in [0.2, 0.25) is 0 Å². The van der Waals surface area contributed by atoms with E-state index in [1.54, 1.807) is 18.4 Å². The Kier molecular flexibility index (Phi) is 3.25. The van der Waals surface area contributed by atoms with E-state index in [4.69, 9.17) is 10.6 Å². The van der Waals surface area contributed by atoms with Gasteiger partial charge in [0, 0.05) is 10.9 Å². The highest BCUT2D eigenvalue weighted by Crippen LogP contribution is 2.37. The second kappa shape index (κ2) is 5.07. The summed E-state index contributed by atoms with van der Waals surface area (Å²) in [6, 6.07) is 7.90. The van der Waals surface area contributed by atoms with E-state index in [-0.39, 0.29) is 0 Å². The molecule has 1 aromatic carbocycles. The number of ether oxygens (including phenoxy) is 1. The van der Waals surface area contributed by atoms with Crippen LogP contribution in [0.1, 0.15) is 5.82 Å². The zero-order chi connectivity index (χ0) is 14.1. The molecule has 0 spiro atoms. The fourth-order valence-electron chi connectivity index (χ4n) is 2.14. The SMILES string of the molecule is COc1ccc(-c2csc3nc(C)nc(NN)c23)cc1. The number of thiophene rings is 1. The van der Waals surface area contributed by atoms with Crippen molar-refractivity contribution in [3.05, 3.63) is 35.5 Å². The number of aromatic nitrogens is 2. The number of methoxy groups -OCH3 is 1. The first-order valence-corrected chi connectivity index (χ1v) is 6.97. The van der Waals surface area contributed by atoms with Gasteiger partial charge in [-0.15, -0.1) is 11.3 Å². The molecule has 3 N–H and O–H groups in total. The van der Waals surface area contributed by atoms with E-state index in [1.807, 2.05) is 31.2 Å². The molecule has 0 aliphatic heterocycles. The van der Waals surface area contributed by atoms with Gasteiger partial charge in [-0.2, -0.15) is 0 Å². The topological polar surface area (TPSA) is 73.1 Å². The van der Waals surface area contributed by atoms with Gasteiger partial charge < -0.3 is 10.2 Å². The number of hydrogen-bond donors (Lipinski definition) is 2. The summed E-state index contributed by atoms with van der Waals surface area (Å²) in [5.74, 6) is 7.77. The third kappa shape index (κ3) is 2.09. The number of aryl methyl sites for hydroxylation is 1. The molecule has 0 aliphatic rings. The number of nitrogens with zero attached hydrogens (tertiary/aromatic N) is 2. The van der Waals surface area contributed by atoms with E-state index in [0.29, 0.717) is 11.6 Å². The van der Waals surface area contributed by atoms with Crippen LogP contribution in [0, 0.1) is 6.92 Å². The summed E-state index contributed by atoms with van der Waals surface area (Å²) in [7, 11) is 1.65. The predicted molar refractivity (Wildman–Crippen MR) is 82.0 cm³/mol. The monoisotopic (exact) mass is 286 g/mol. The lowest BCUT2D eigenvalue weighted by Gasteiger charge is -2.06. The molecule has 3 rings (SSSR count). The Hall–Kier alpha value is -2.18. The molecule has 0 amide bonds. The Morgan fingerprint density at radius 1 is 1.20 bits per heavy atom. The molecule has 6 heteroatoms. The van der Waals surface area contributed by atoms with Gasteiger partial charge in [-0.25, -0.2) is 15.8 Å². The number of hydrazine groups is 1. The molecule has 0 aliphatic carbocycles. The van der Waals surface area contributed by atoms with E-state index < -0.39 is 0 Å². The van der Waals surface area contributed by atoms with Gasteiger partial charge in [0.25, 0.3) is 0 Å². The summed E-state index contributed by atoms with van der Waals surface area (Å²) in [5, 5.41) is 3.02. The van der Waals surface area contributed by atoms with Crippen LogP contribution >= 0.6 is 11.3 Å². The molecular formula is C14H14N4OS. The summed E-state index contributed by atoms with van der Waals surface area (Å²) < 4.78 is 5.18. The highest BCUT2D eigenvalue weighted by atomic mass is 32.1. The largest absolute Gasteiger partial charge is 0.497 e. The van der Waals surface area contributed by atoms with E-state index >= 15 is 0 Å². The first kappa shape index (κ1) is 12.8. The van der Waals surface area contributed by atoms with Crippen LogP contribution in [0.4, 0.5) is 5.82 Å². The Bertz CT molecular complexity index is 752. The van der Waals surface area contributed by atoms with Gasteiger partial charge in [0.05, 0.1) is 12.5 Å². The molecule has 102 valence electrons. The normalized spacial score (nSPS) is 10.8. The molecule has 0 unspecified atom stereocenters. The van der Waals surface area contributed by atoms with Crippen molar-refractivity contribution in [2.75, 3.05) is 12.5 Å². The van der Waals surface area contributed by atoms with Crippen LogP contribution in [-0.2, 0) is 0 Å². The van der Waals surface area contributed by atoms with Gasteiger partial charge in [-0.05, 0) is 24.6 Å². The minimum Gasteiger partial charge on any atom is -0.497 e. The lowest BCUT2D eigenvalue weighted by Crippen LogP contribution is -2.10. The van der Waals surface area contributed by atoms with Crippen LogP contribution in [0.5, 0.6) is 5.75 Å². The van der Waals surface area contributed by atoms with Crippen molar-refractivity contribution in [2.45, 2.75) is 6.92 Å². The molecular weight excluding hydrogens is 272 g/mol. The standard InChI is InChI=1S/C14H14N4OS/c1-8-16-13(18-15)12-11(7-20-14(12)17-8)9-3-5-10(19-2)6-4-9/h3-7H,15H2,1-2H3,(H,16,17,18). The van der Waals surface area contributed by atoms with E-state index in [2.05, 4.69) is 20.8 Å². The van der Waals surface area contributed by atoms with Crippen molar-refractivity contribution in [1.29, 1.82) is 0 Å². The van der Waals surface area contributed by atoms with Gasteiger partial charge in [-0.3, -0.25) is 0 Å². The van der Waals surface area contributed by atoms with Gasteiger partial charge in [0.1, 0.15) is 16.4 Å². The minimum absolute atomic E-state index is 0.652. The van der Waals surface area contributed by atoms with Gasteiger partial charge in [0.15, 0.2) is 5.82 Å². The molecule has 5 nitrogen and oxygen atoms in total. The van der Waals surface area contributed by atoms with Crippen LogP contribution < -0.4 is 16.0 Å². The summed E-state index contributed by atoms with van der Waals surface area (Å²) in [4.78, 5) is 9.73. The Labute approximate surface area is 120 Å². The van der Waals surface area contributed by atoms with Crippen LogP contribution in [0.3, 0.4) is 0 Å². The fourth-order valence-corrected chi connectivity index (χ4v) is 3.13. The summed E-state index contributed by atoms with van der Waals surface area (Å²) in [6.07, 6.45) is 0. The zero-order valence-electron chi connectivity index (χ0n) is 11.2. The number of rotatable bonds is 3. The average Bonchev–Trinajstić information content (AvgIpc) is 2.90. The van der Waals surface area contributed by atoms with Gasteiger partial charge in [0.2, 0.25) is 0 Å². The van der Waals surface area contributed by atoms with E-state index in [9.17, 15) is 0 Å². The molecule has 0 fully saturated rings. The zero-order valence-corrected chi connectivity index (χ0v) is 12.0. The van der Waals surface area contributed by atoms with Crippen LogP contribution in [0.25, 0.3) is 21.3 Å². The lowest BCUT2D eigenvalue weighted by molar-refractivity contribution is 0.415. The number of fused-ring (bicyclic) bond motifs is 1. The first-order valence-electron chi connectivity index (χ1n) is 6.10. The smallest absolute Gasteiger partial charge is 0.153 e. The maximum Gasteiger partial charge on any atom is 0.153 e. The number of benzene rings is 1. The highest BCUT2D eigenvalue weighted by Gasteiger charge is 2.13. The minimum atomic E-state index is 0.652. The number of nitrogens with two attached hydrogens (primary N) is 1. The van der Waals surface area contributed by atoms with Crippen LogP contribution in [-0.4, -0.2) is 17.1 Å². The predicted octanol–water partition coefficient (Wildman–Crippen LogP) is 2.96. The number of anilines is 1. The van der Waals surface area contributed by atoms with Gasteiger partial charge in [-0.1, -0.05) is 12.1 Å². The van der Waals surface area contributed by atoms with Crippen molar-refractivity contribution in [1.82, 2.24) is 9.97 Å². The molecule has 0 saturated heterocycles. The Balaban J connectivity index is 2.20. The third-order valence-corrected chi connectivity index (χ3v) is 3.96. The fraction of sp³-hybridized carbons (Fsp3) is 0.143. The molecule has 0 atom stereocenters. The molecule has 3 aromatic rings. The van der Waals surface area contributed by atoms with Crippen molar-refractivity contribution in [2.24, 2.45) is 5.84 Å². The molecule has 0 radical (unpaired) electrons. The summed E-state index contributed by atoms with van der Waals surface area (Å²) in [6.45, 7) is 1.85. The maximum absolute atomic E-state index is 5.58. The molecule has 0 bridgehead atoms. The second-order valence-corrected chi connectivity index (χ2v) is 5.18. The second-order valence-electron chi connectivity index (χ2n) is 4.32. The quantitative estimate of drug-likeness (QED) is 0.572. The third-order valence-electron chi connectivity index (χ3n) is 3.08. The lowest BCUT2D eigenvalue weighted by atomic mass is 10.1. The molecule has 2 aromatic heterocycles. The average molecular weight is 286 g/mol. The summed E-state index contributed by atoms with van der Waals surface area (Å²) >= 11 is 1.58. The van der Waals surface area contributed by atoms with Crippen molar-refractivity contribution < 1.29 is 4.74 Å². The van der Waals surface area contributed by atoms with Crippen LogP contribution in [0.15, 0.2) is 29.6 Å². The van der Waals surface area contributed by atoms with Crippen molar-refractivity contribution >= 4 is 27.4 Å². The van der Waals surface area contributed by atoms with Crippen molar-refractivity contribution in [3.8, 4) is 16.9 Å². The van der Waals surface area contributed by atoms with Gasteiger partial charge >= 0.3 is 0 Å². The van der Waals surface area contributed by atoms with E-state index in [1.165, 1.54) is 0 Å². The maximum atomic E-state index is 5.58. The Morgan fingerprint density at radius 2 is 1.95 bits per heavy atom. The van der Waals surface area contributed by atoms with Crippen molar-refractivity contribution in [3.63, 3.8) is 0 Å². The molecule has 2 heterocycles. The number of hydrogen-bond acceptors (Lipinski definition) is 6. The number of nitrogen functional groups attached to an aromatic ring is 1. The molecule has 20 heavy (non-hydrogen) atoms. The number of nitrogens with one attached hydrogen (secondary N) is 1. The molecule has 0 saturated carbocycles. The first-order chi connectivity index (χ1) is 9.72. The summed E-state index contributed by atoms with van der Waals surface area (Å²) in [5.41, 5.74) is 4.81. The Morgan fingerprint density at radius 3 is 2.60 bits per heavy atom.